The Morgan fingerprint density at radius 3 is 2.75 bits per heavy atom. The zero-order chi connectivity index (χ0) is 14.9. The van der Waals surface area contributed by atoms with Crippen LogP contribution in [0.1, 0.15) is 23.2 Å². The highest BCUT2D eigenvalue weighted by Crippen LogP contribution is 2.28. The zero-order valence-corrected chi connectivity index (χ0v) is 10.8. The van der Waals surface area contributed by atoms with E-state index in [9.17, 15) is 24.6 Å². The molecule has 0 aliphatic carbocycles. The molecule has 1 aromatic rings. The first kappa shape index (κ1) is 13.9. The van der Waals surface area contributed by atoms with Crippen LogP contribution in [0.4, 0.5) is 0 Å². The van der Waals surface area contributed by atoms with Gasteiger partial charge in [-0.1, -0.05) is 6.07 Å². The Morgan fingerprint density at radius 2 is 2.05 bits per heavy atom. The molecule has 2 rings (SSSR count). The number of aromatic hydroxyl groups is 2. The first-order valence-corrected chi connectivity index (χ1v) is 6.04. The Bertz CT molecular complexity index is 584. The largest absolute Gasteiger partial charge is 0.504 e. The third kappa shape index (κ3) is 2.42. The van der Waals surface area contributed by atoms with Gasteiger partial charge >= 0.3 is 0 Å². The fraction of sp³-hybridized carbons (Fsp3) is 0.308. The number of para-hydroxylation sites is 1. The minimum atomic E-state index is -0.813. The van der Waals surface area contributed by atoms with Crippen LogP contribution >= 0.6 is 0 Å². The van der Waals surface area contributed by atoms with Gasteiger partial charge in [0.2, 0.25) is 5.91 Å². The summed E-state index contributed by atoms with van der Waals surface area (Å²) in [5, 5.41) is 21.4. The van der Waals surface area contributed by atoms with Crippen molar-refractivity contribution in [3.8, 4) is 11.5 Å². The van der Waals surface area contributed by atoms with E-state index in [1.165, 1.54) is 25.2 Å². The van der Waals surface area contributed by atoms with Crippen molar-refractivity contribution in [2.24, 2.45) is 0 Å². The van der Waals surface area contributed by atoms with E-state index in [4.69, 9.17) is 0 Å². The number of benzene rings is 1. The van der Waals surface area contributed by atoms with E-state index in [1.54, 1.807) is 0 Å². The SMILES string of the molecule is CN1C(=O)CCC(NC(=O)c2cccc(O)c2O)C1=O. The van der Waals surface area contributed by atoms with Crippen molar-refractivity contribution in [1.82, 2.24) is 10.2 Å². The summed E-state index contributed by atoms with van der Waals surface area (Å²) in [5.74, 6) is -2.42. The van der Waals surface area contributed by atoms with Crippen LogP contribution in [-0.2, 0) is 9.59 Å². The fourth-order valence-electron chi connectivity index (χ4n) is 2.00. The van der Waals surface area contributed by atoms with Crippen LogP contribution in [0.15, 0.2) is 18.2 Å². The summed E-state index contributed by atoms with van der Waals surface area (Å²) >= 11 is 0. The third-order valence-corrected chi connectivity index (χ3v) is 3.21. The van der Waals surface area contributed by atoms with E-state index in [1.807, 2.05) is 0 Å². The summed E-state index contributed by atoms with van der Waals surface area (Å²) in [6.07, 6.45) is 0.381. The maximum absolute atomic E-state index is 12.0. The van der Waals surface area contributed by atoms with Crippen molar-refractivity contribution in [1.29, 1.82) is 0 Å². The smallest absolute Gasteiger partial charge is 0.255 e. The Balaban J connectivity index is 2.14. The molecule has 3 amide bonds. The molecule has 3 N–H and O–H groups in total. The summed E-state index contributed by atoms with van der Waals surface area (Å²) in [4.78, 5) is 36.1. The minimum Gasteiger partial charge on any atom is -0.504 e. The van der Waals surface area contributed by atoms with E-state index >= 15 is 0 Å². The molecule has 7 nitrogen and oxygen atoms in total. The summed E-state index contributed by atoms with van der Waals surface area (Å²) in [6, 6.07) is 3.16. The van der Waals surface area contributed by atoms with Gasteiger partial charge in [-0.3, -0.25) is 19.3 Å². The molecule has 0 aromatic heterocycles. The van der Waals surface area contributed by atoms with E-state index in [0.29, 0.717) is 0 Å². The number of likely N-dealkylation sites (tertiary alicyclic amines) is 1. The van der Waals surface area contributed by atoms with Crippen molar-refractivity contribution in [3.63, 3.8) is 0 Å². The molecule has 1 aliphatic heterocycles. The number of nitrogens with zero attached hydrogens (tertiary/aromatic N) is 1. The van der Waals surface area contributed by atoms with Gasteiger partial charge in [0.15, 0.2) is 11.5 Å². The number of carbonyl (C=O) groups is 3. The summed E-state index contributed by atoms with van der Waals surface area (Å²) < 4.78 is 0. The number of phenolic OH excluding ortho intramolecular Hbond substituents is 2. The topological polar surface area (TPSA) is 107 Å². The third-order valence-electron chi connectivity index (χ3n) is 3.21. The standard InChI is InChI=1S/C13H14N2O5/c1-15-10(17)6-5-8(13(15)20)14-12(19)7-3-2-4-9(16)11(7)18/h2-4,8,16,18H,5-6H2,1H3,(H,14,19). The van der Waals surface area contributed by atoms with E-state index in [-0.39, 0.29) is 24.3 Å². The number of carbonyl (C=O) groups excluding carboxylic acids is 3. The highest BCUT2D eigenvalue weighted by atomic mass is 16.3. The molecule has 0 bridgehead atoms. The number of nitrogens with one attached hydrogen (secondary N) is 1. The Hall–Kier alpha value is -2.57. The number of likely N-dealkylation sites (N-methyl/N-ethyl adjacent to an activating group) is 1. The Labute approximate surface area is 114 Å². The summed E-state index contributed by atoms with van der Waals surface area (Å²) in [6.45, 7) is 0. The monoisotopic (exact) mass is 278 g/mol. The van der Waals surface area contributed by atoms with Crippen molar-refractivity contribution in [2.75, 3.05) is 7.05 Å². The lowest BCUT2D eigenvalue weighted by atomic mass is 10.0. The number of amides is 3. The molecule has 1 aromatic carbocycles. The predicted molar refractivity (Wildman–Crippen MR) is 68.0 cm³/mol. The van der Waals surface area contributed by atoms with Gasteiger partial charge in [0.05, 0.1) is 5.56 Å². The van der Waals surface area contributed by atoms with Crippen LogP contribution in [0.25, 0.3) is 0 Å². The van der Waals surface area contributed by atoms with E-state index in [2.05, 4.69) is 5.32 Å². The fourth-order valence-corrected chi connectivity index (χ4v) is 2.00. The van der Waals surface area contributed by atoms with E-state index in [0.717, 1.165) is 4.90 Å². The number of imide groups is 1. The molecular formula is C13H14N2O5. The van der Waals surface area contributed by atoms with Gasteiger partial charge in [-0.15, -0.1) is 0 Å². The number of phenols is 2. The van der Waals surface area contributed by atoms with Gasteiger partial charge in [0.1, 0.15) is 6.04 Å². The second kappa shape index (κ2) is 5.20. The average molecular weight is 278 g/mol. The van der Waals surface area contributed by atoms with Crippen LogP contribution in [0.3, 0.4) is 0 Å². The van der Waals surface area contributed by atoms with Gasteiger partial charge in [0.25, 0.3) is 11.8 Å². The maximum Gasteiger partial charge on any atom is 0.255 e. The average Bonchev–Trinajstić information content (AvgIpc) is 2.42. The molecule has 1 saturated heterocycles. The minimum absolute atomic E-state index is 0.127. The van der Waals surface area contributed by atoms with Gasteiger partial charge in [-0.05, 0) is 18.6 Å². The summed E-state index contributed by atoms with van der Waals surface area (Å²) in [7, 11) is 1.36. The second-order valence-corrected chi connectivity index (χ2v) is 4.53. The molecule has 1 unspecified atom stereocenters. The van der Waals surface area contributed by atoms with Crippen molar-refractivity contribution < 1.29 is 24.6 Å². The van der Waals surface area contributed by atoms with E-state index < -0.39 is 29.4 Å². The first-order chi connectivity index (χ1) is 9.41. The zero-order valence-electron chi connectivity index (χ0n) is 10.8. The first-order valence-electron chi connectivity index (χ1n) is 6.04. The predicted octanol–water partition coefficient (Wildman–Crippen LogP) is -0.0250. The lowest BCUT2D eigenvalue weighted by Gasteiger charge is -2.28. The van der Waals surface area contributed by atoms with Crippen LogP contribution in [0.2, 0.25) is 0 Å². The Morgan fingerprint density at radius 1 is 1.35 bits per heavy atom. The van der Waals surface area contributed by atoms with Crippen molar-refractivity contribution >= 4 is 17.7 Å². The number of piperidine rings is 1. The molecule has 1 fully saturated rings. The highest BCUT2D eigenvalue weighted by molar-refractivity contribution is 6.04. The molecule has 0 radical (unpaired) electrons. The molecule has 20 heavy (non-hydrogen) atoms. The second-order valence-electron chi connectivity index (χ2n) is 4.53. The Kier molecular flexibility index (Phi) is 3.60. The normalized spacial score (nSPS) is 19.1. The maximum atomic E-state index is 12.0. The van der Waals surface area contributed by atoms with Crippen LogP contribution in [0, 0.1) is 0 Å². The van der Waals surface area contributed by atoms with Gasteiger partial charge < -0.3 is 15.5 Å². The van der Waals surface area contributed by atoms with Gasteiger partial charge in [-0.25, -0.2) is 0 Å². The highest BCUT2D eigenvalue weighted by Gasteiger charge is 2.33. The van der Waals surface area contributed by atoms with Crippen molar-refractivity contribution in [3.05, 3.63) is 23.8 Å². The van der Waals surface area contributed by atoms with Gasteiger partial charge in [0, 0.05) is 13.5 Å². The quantitative estimate of drug-likeness (QED) is 0.520. The summed E-state index contributed by atoms with van der Waals surface area (Å²) in [5.41, 5.74) is -0.127. The number of rotatable bonds is 2. The van der Waals surface area contributed by atoms with Crippen molar-refractivity contribution in [2.45, 2.75) is 18.9 Å². The number of hydrogen-bond donors (Lipinski definition) is 3. The van der Waals surface area contributed by atoms with Crippen LogP contribution < -0.4 is 5.32 Å². The molecule has 1 heterocycles. The van der Waals surface area contributed by atoms with Gasteiger partial charge in [-0.2, -0.15) is 0 Å². The van der Waals surface area contributed by atoms with Crippen LogP contribution in [0.5, 0.6) is 11.5 Å². The lowest BCUT2D eigenvalue weighted by molar-refractivity contribution is -0.147. The molecule has 1 aliphatic rings. The van der Waals surface area contributed by atoms with Crippen LogP contribution in [-0.4, -0.2) is 45.9 Å². The lowest BCUT2D eigenvalue weighted by Crippen LogP contribution is -2.52. The molecule has 1 atom stereocenters. The molecule has 0 saturated carbocycles. The molecular weight excluding hydrogens is 264 g/mol. The molecule has 0 spiro atoms. The molecule has 106 valence electrons. The molecule has 7 heteroatoms. The number of hydrogen-bond acceptors (Lipinski definition) is 5.